The molecule has 0 heterocycles. The van der Waals surface area contributed by atoms with Gasteiger partial charge in [0.05, 0.1) is 6.04 Å². The summed E-state index contributed by atoms with van der Waals surface area (Å²) in [6.45, 7) is 9.10. The Morgan fingerprint density at radius 1 is 1.40 bits per heavy atom. The van der Waals surface area contributed by atoms with Crippen LogP contribution in [-0.2, 0) is 4.79 Å². The van der Waals surface area contributed by atoms with Crippen molar-refractivity contribution in [1.82, 2.24) is 10.2 Å². The second-order valence-electron chi connectivity index (χ2n) is 5.81. The molecule has 1 unspecified atom stereocenters. The molecule has 0 saturated carbocycles. The highest BCUT2D eigenvalue weighted by Crippen LogP contribution is 2.19. The molecule has 1 atom stereocenters. The monoisotopic (exact) mass is 280 g/mol. The van der Waals surface area contributed by atoms with E-state index in [9.17, 15) is 4.79 Å². The van der Waals surface area contributed by atoms with Crippen LogP contribution in [0.4, 0.5) is 0 Å². The van der Waals surface area contributed by atoms with Crippen LogP contribution in [-0.4, -0.2) is 36.5 Å². The van der Waals surface area contributed by atoms with Gasteiger partial charge in [-0.25, -0.2) is 0 Å². The molecule has 0 aromatic rings. The molecule has 0 fully saturated rings. The number of rotatable bonds is 9. The van der Waals surface area contributed by atoms with Crippen LogP contribution >= 0.6 is 0 Å². The van der Waals surface area contributed by atoms with Crippen LogP contribution in [0.25, 0.3) is 0 Å². The van der Waals surface area contributed by atoms with Gasteiger partial charge in [0, 0.05) is 6.54 Å². The van der Waals surface area contributed by atoms with E-state index in [-0.39, 0.29) is 11.9 Å². The lowest BCUT2D eigenvalue weighted by atomic mass is 9.97. The Kier molecular flexibility index (Phi) is 8.59. The van der Waals surface area contributed by atoms with Crippen LogP contribution in [0.2, 0.25) is 0 Å². The van der Waals surface area contributed by atoms with Gasteiger partial charge in [-0.05, 0) is 58.5 Å². The molecule has 1 aliphatic carbocycles. The lowest BCUT2D eigenvalue weighted by Gasteiger charge is -2.26. The predicted octanol–water partition coefficient (Wildman–Crippen LogP) is 3.50. The molecule has 0 spiro atoms. The van der Waals surface area contributed by atoms with E-state index in [1.807, 2.05) is 6.92 Å². The molecule has 1 rings (SSSR count). The van der Waals surface area contributed by atoms with Crippen molar-refractivity contribution in [2.45, 2.75) is 71.8 Å². The summed E-state index contributed by atoms with van der Waals surface area (Å²) in [5, 5.41) is 3.10. The zero-order valence-electron chi connectivity index (χ0n) is 13.6. The molecular formula is C17H32N2O. The fraction of sp³-hybridized carbons (Fsp3) is 0.824. The Bertz CT molecular complexity index is 312. The van der Waals surface area contributed by atoms with Crippen molar-refractivity contribution < 1.29 is 4.79 Å². The summed E-state index contributed by atoms with van der Waals surface area (Å²) in [7, 11) is 0. The Hall–Kier alpha value is -0.830. The SMILES string of the molecule is CCCCN(CC)C(C)C(=O)NCCC1=CCCCC1. The zero-order chi connectivity index (χ0) is 14.8. The molecule has 3 nitrogen and oxygen atoms in total. The van der Waals surface area contributed by atoms with E-state index in [4.69, 9.17) is 0 Å². The highest BCUT2D eigenvalue weighted by Gasteiger charge is 2.19. The fourth-order valence-electron chi connectivity index (χ4n) is 2.78. The van der Waals surface area contributed by atoms with E-state index in [1.54, 1.807) is 0 Å². The largest absolute Gasteiger partial charge is 0.354 e. The Morgan fingerprint density at radius 2 is 2.20 bits per heavy atom. The Balaban J connectivity index is 2.27. The van der Waals surface area contributed by atoms with E-state index >= 15 is 0 Å². The van der Waals surface area contributed by atoms with Crippen LogP contribution in [0.3, 0.4) is 0 Å². The second-order valence-corrected chi connectivity index (χ2v) is 5.81. The van der Waals surface area contributed by atoms with Crippen LogP contribution < -0.4 is 5.32 Å². The number of nitrogens with zero attached hydrogens (tertiary/aromatic N) is 1. The van der Waals surface area contributed by atoms with Crippen molar-refractivity contribution in [1.29, 1.82) is 0 Å². The lowest BCUT2D eigenvalue weighted by molar-refractivity contribution is -0.125. The number of nitrogens with one attached hydrogen (secondary N) is 1. The lowest BCUT2D eigenvalue weighted by Crippen LogP contribution is -2.45. The number of hydrogen-bond acceptors (Lipinski definition) is 2. The van der Waals surface area contributed by atoms with Gasteiger partial charge in [0.15, 0.2) is 0 Å². The van der Waals surface area contributed by atoms with Crippen LogP contribution in [0.5, 0.6) is 0 Å². The molecule has 0 radical (unpaired) electrons. The summed E-state index contributed by atoms with van der Waals surface area (Å²) in [6, 6.07) is -0.00751. The molecule has 0 saturated heterocycles. The summed E-state index contributed by atoms with van der Waals surface area (Å²) in [6.07, 6.45) is 10.8. The van der Waals surface area contributed by atoms with E-state index < -0.39 is 0 Å². The van der Waals surface area contributed by atoms with E-state index in [0.29, 0.717) is 0 Å². The Labute approximate surface area is 124 Å². The molecule has 3 heteroatoms. The van der Waals surface area contributed by atoms with Crippen molar-refractivity contribution in [2.24, 2.45) is 0 Å². The van der Waals surface area contributed by atoms with Crippen molar-refractivity contribution in [3.63, 3.8) is 0 Å². The predicted molar refractivity (Wildman–Crippen MR) is 85.8 cm³/mol. The third-order valence-corrected chi connectivity index (χ3v) is 4.26. The summed E-state index contributed by atoms with van der Waals surface area (Å²) in [5.74, 6) is 0.180. The molecule has 0 aliphatic heterocycles. The summed E-state index contributed by atoms with van der Waals surface area (Å²) < 4.78 is 0. The van der Waals surface area contributed by atoms with Gasteiger partial charge < -0.3 is 5.32 Å². The van der Waals surface area contributed by atoms with Crippen molar-refractivity contribution in [2.75, 3.05) is 19.6 Å². The summed E-state index contributed by atoms with van der Waals surface area (Å²) in [4.78, 5) is 14.4. The second kappa shape index (κ2) is 9.98. The minimum Gasteiger partial charge on any atom is -0.354 e. The van der Waals surface area contributed by atoms with Crippen LogP contribution in [0.15, 0.2) is 11.6 Å². The topological polar surface area (TPSA) is 32.3 Å². The molecule has 1 amide bonds. The number of unbranched alkanes of at least 4 members (excludes halogenated alkanes) is 1. The number of hydrogen-bond donors (Lipinski definition) is 1. The van der Waals surface area contributed by atoms with Gasteiger partial charge in [0.2, 0.25) is 5.91 Å². The average molecular weight is 280 g/mol. The van der Waals surface area contributed by atoms with E-state index in [0.717, 1.165) is 26.1 Å². The minimum atomic E-state index is -0.00751. The molecule has 0 aromatic heterocycles. The normalized spacial score (nSPS) is 16.9. The summed E-state index contributed by atoms with van der Waals surface area (Å²) >= 11 is 0. The van der Waals surface area contributed by atoms with Gasteiger partial charge in [0.1, 0.15) is 0 Å². The molecule has 0 aromatic carbocycles. The highest BCUT2D eigenvalue weighted by atomic mass is 16.2. The maximum absolute atomic E-state index is 12.2. The highest BCUT2D eigenvalue weighted by molar-refractivity contribution is 5.81. The molecular weight excluding hydrogens is 248 g/mol. The number of carbonyl (C=O) groups is 1. The molecule has 116 valence electrons. The number of likely N-dealkylation sites (N-methyl/N-ethyl adjacent to an activating group) is 1. The Morgan fingerprint density at radius 3 is 2.80 bits per heavy atom. The van der Waals surface area contributed by atoms with Crippen LogP contribution in [0.1, 0.15) is 65.7 Å². The van der Waals surface area contributed by atoms with Gasteiger partial charge in [-0.1, -0.05) is 31.9 Å². The van der Waals surface area contributed by atoms with Crippen molar-refractivity contribution in [3.8, 4) is 0 Å². The number of carbonyl (C=O) groups excluding carboxylic acids is 1. The molecule has 0 bridgehead atoms. The quantitative estimate of drug-likeness (QED) is 0.656. The van der Waals surface area contributed by atoms with Gasteiger partial charge in [-0.3, -0.25) is 9.69 Å². The van der Waals surface area contributed by atoms with E-state index in [2.05, 4.69) is 30.1 Å². The average Bonchev–Trinajstić information content (AvgIpc) is 2.48. The van der Waals surface area contributed by atoms with Gasteiger partial charge in [0.25, 0.3) is 0 Å². The number of amides is 1. The van der Waals surface area contributed by atoms with Crippen molar-refractivity contribution in [3.05, 3.63) is 11.6 Å². The van der Waals surface area contributed by atoms with Gasteiger partial charge in [-0.2, -0.15) is 0 Å². The summed E-state index contributed by atoms with van der Waals surface area (Å²) in [5.41, 5.74) is 1.53. The smallest absolute Gasteiger partial charge is 0.237 e. The van der Waals surface area contributed by atoms with Gasteiger partial charge >= 0.3 is 0 Å². The first-order chi connectivity index (χ1) is 9.69. The first-order valence-electron chi connectivity index (χ1n) is 8.38. The third kappa shape index (κ3) is 6.08. The standard InChI is InChI=1S/C17H32N2O/c1-4-6-14-19(5-2)15(3)17(20)18-13-12-16-10-8-7-9-11-16/h10,15H,4-9,11-14H2,1-3H3,(H,18,20). The van der Waals surface area contributed by atoms with Crippen LogP contribution in [0, 0.1) is 0 Å². The maximum atomic E-state index is 12.2. The molecule has 20 heavy (non-hydrogen) atoms. The van der Waals surface area contributed by atoms with Gasteiger partial charge in [-0.15, -0.1) is 0 Å². The third-order valence-electron chi connectivity index (χ3n) is 4.26. The zero-order valence-corrected chi connectivity index (χ0v) is 13.6. The van der Waals surface area contributed by atoms with E-state index in [1.165, 1.54) is 44.1 Å². The minimum absolute atomic E-state index is 0.00751. The first kappa shape index (κ1) is 17.2. The molecule has 1 aliphatic rings. The first-order valence-corrected chi connectivity index (χ1v) is 8.38. The molecule has 1 N–H and O–H groups in total. The fourth-order valence-corrected chi connectivity index (χ4v) is 2.78. The maximum Gasteiger partial charge on any atom is 0.237 e. The number of allylic oxidation sites excluding steroid dienone is 1. The van der Waals surface area contributed by atoms with Crippen molar-refractivity contribution >= 4 is 5.91 Å².